The monoisotopic (exact) mass is 386 g/mol. The minimum Gasteiger partial charge on any atom is -0.451 e. The third kappa shape index (κ3) is 4.19. The molecule has 0 radical (unpaired) electrons. The average molecular weight is 387 g/mol. The number of benzene rings is 1. The van der Waals surface area contributed by atoms with Crippen molar-refractivity contribution in [1.29, 1.82) is 0 Å². The lowest BCUT2D eigenvalue weighted by Crippen LogP contribution is -2.30. The molecule has 1 amide bonds. The molecule has 27 heavy (non-hydrogen) atoms. The zero-order chi connectivity index (χ0) is 18.6. The van der Waals surface area contributed by atoms with E-state index < -0.39 is 0 Å². The van der Waals surface area contributed by atoms with E-state index >= 15 is 0 Å². The first-order chi connectivity index (χ1) is 13.3. The molecular formula is C22H30N2O2S. The standard InChI is InChI=1S/C22H30N2O2S/c1-23-13-16-11-12-24(14-16)22(25)21-19(15-27-17-7-3-2-4-8-17)18-9-5-6-10-20(18)26-21/h5-6,9-10,16-17,23H,2-4,7-8,11-15H2,1H3. The van der Waals surface area contributed by atoms with Crippen LogP contribution in [0.2, 0.25) is 0 Å². The zero-order valence-corrected chi connectivity index (χ0v) is 17.0. The summed E-state index contributed by atoms with van der Waals surface area (Å²) in [5.41, 5.74) is 1.94. The van der Waals surface area contributed by atoms with Gasteiger partial charge in [0.25, 0.3) is 5.91 Å². The van der Waals surface area contributed by atoms with Gasteiger partial charge < -0.3 is 14.6 Å². The quantitative estimate of drug-likeness (QED) is 0.783. The molecular weight excluding hydrogens is 356 g/mol. The molecule has 2 fully saturated rings. The summed E-state index contributed by atoms with van der Waals surface area (Å²) in [7, 11) is 1.98. The number of thioether (sulfide) groups is 1. The SMILES string of the molecule is CNCC1CCN(C(=O)c2oc3ccccc3c2CSC2CCCCC2)C1. The van der Waals surface area contributed by atoms with E-state index in [0.717, 1.165) is 53.6 Å². The maximum atomic E-state index is 13.2. The number of hydrogen-bond acceptors (Lipinski definition) is 4. The van der Waals surface area contributed by atoms with E-state index in [9.17, 15) is 4.79 Å². The molecule has 2 aliphatic rings. The van der Waals surface area contributed by atoms with Gasteiger partial charge in [0.2, 0.25) is 0 Å². The first-order valence-corrected chi connectivity index (χ1v) is 11.4. The van der Waals surface area contributed by atoms with Gasteiger partial charge in [0, 0.05) is 35.0 Å². The molecule has 1 aliphatic heterocycles. The molecule has 4 rings (SSSR count). The predicted molar refractivity (Wildman–Crippen MR) is 112 cm³/mol. The Morgan fingerprint density at radius 1 is 1.22 bits per heavy atom. The Labute approximate surface area is 166 Å². The molecule has 1 aliphatic carbocycles. The van der Waals surface area contributed by atoms with Gasteiger partial charge in [-0.25, -0.2) is 0 Å². The molecule has 146 valence electrons. The van der Waals surface area contributed by atoms with Crippen molar-refractivity contribution in [2.75, 3.05) is 26.7 Å². The minimum atomic E-state index is 0.0732. The lowest BCUT2D eigenvalue weighted by molar-refractivity contribution is 0.0757. The van der Waals surface area contributed by atoms with Gasteiger partial charge in [-0.1, -0.05) is 37.5 Å². The average Bonchev–Trinajstić information content (AvgIpc) is 3.32. The van der Waals surface area contributed by atoms with Gasteiger partial charge in [-0.2, -0.15) is 11.8 Å². The summed E-state index contributed by atoms with van der Waals surface area (Å²) in [6.07, 6.45) is 7.74. The smallest absolute Gasteiger partial charge is 0.289 e. The van der Waals surface area contributed by atoms with E-state index in [4.69, 9.17) is 4.42 Å². The summed E-state index contributed by atoms with van der Waals surface area (Å²) in [6.45, 7) is 2.62. The molecule has 1 atom stereocenters. The second-order valence-electron chi connectivity index (χ2n) is 7.94. The number of fused-ring (bicyclic) bond motifs is 1. The van der Waals surface area contributed by atoms with Crippen molar-refractivity contribution < 1.29 is 9.21 Å². The molecule has 1 aromatic heterocycles. The lowest BCUT2D eigenvalue weighted by Gasteiger charge is -2.21. The van der Waals surface area contributed by atoms with E-state index in [1.807, 2.05) is 41.9 Å². The number of carbonyl (C=O) groups is 1. The number of likely N-dealkylation sites (tertiary alicyclic amines) is 1. The number of hydrogen-bond donors (Lipinski definition) is 1. The summed E-state index contributed by atoms with van der Waals surface area (Å²) in [6, 6.07) is 8.10. The summed E-state index contributed by atoms with van der Waals surface area (Å²) >= 11 is 2.01. The molecule has 1 saturated carbocycles. The van der Waals surface area contributed by atoms with Crippen LogP contribution in [0.4, 0.5) is 0 Å². The van der Waals surface area contributed by atoms with Crippen LogP contribution in [0.3, 0.4) is 0 Å². The van der Waals surface area contributed by atoms with Crippen LogP contribution >= 0.6 is 11.8 Å². The molecule has 0 bridgehead atoms. The number of amides is 1. The first-order valence-electron chi connectivity index (χ1n) is 10.3. The van der Waals surface area contributed by atoms with Crippen LogP contribution in [0.5, 0.6) is 0 Å². The van der Waals surface area contributed by atoms with Crippen molar-refractivity contribution in [3.63, 3.8) is 0 Å². The highest BCUT2D eigenvalue weighted by Gasteiger charge is 2.31. The molecule has 2 heterocycles. The topological polar surface area (TPSA) is 45.5 Å². The van der Waals surface area contributed by atoms with Crippen molar-refractivity contribution in [1.82, 2.24) is 10.2 Å². The molecule has 1 aromatic carbocycles. The fraction of sp³-hybridized carbons (Fsp3) is 0.591. The highest BCUT2D eigenvalue weighted by molar-refractivity contribution is 7.99. The fourth-order valence-electron chi connectivity index (χ4n) is 4.46. The minimum absolute atomic E-state index is 0.0732. The van der Waals surface area contributed by atoms with Gasteiger partial charge >= 0.3 is 0 Å². The fourth-order valence-corrected chi connectivity index (χ4v) is 5.82. The van der Waals surface area contributed by atoms with E-state index in [-0.39, 0.29) is 5.91 Å². The Morgan fingerprint density at radius 3 is 2.85 bits per heavy atom. The summed E-state index contributed by atoms with van der Waals surface area (Å²) in [5, 5.41) is 5.06. The van der Waals surface area contributed by atoms with E-state index in [2.05, 4.69) is 11.4 Å². The first kappa shape index (κ1) is 18.9. The molecule has 2 aromatic rings. The molecule has 0 spiro atoms. The second-order valence-corrected chi connectivity index (χ2v) is 9.23. The largest absolute Gasteiger partial charge is 0.451 e. The van der Waals surface area contributed by atoms with Crippen LogP contribution in [0.15, 0.2) is 28.7 Å². The Bertz CT molecular complexity index is 782. The molecule has 1 saturated heterocycles. The second kappa shape index (κ2) is 8.70. The number of nitrogens with zero attached hydrogens (tertiary/aromatic N) is 1. The van der Waals surface area contributed by atoms with Crippen molar-refractivity contribution in [2.45, 2.75) is 49.5 Å². The third-order valence-electron chi connectivity index (χ3n) is 5.97. The van der Waals surface area contributed by atoms with Gasteiger partial charge in [-0.05, 0) is 44.8 Å². The maximum Gasteiger partial charge on any atom is 0.289 e. The van der Waals surface area contributed by atoms with Crippen LogP contribution < -0.4 is 5.32 Å². The maximum absolute atomic E-state index is 13.2. The summed E-state index contributed by atoms with van der Waals surface area (Å²) in [5.74, 6) is 2.06. The molecule has 1 N–H and O–H groups in total. The number of rotatable bonds is 6. The molecule has 1 unspecified atom stereocenters. The van der Waals surface area contributed by atoms with Gasteiger partial charge in [0.15, 0.2) is 5.76 Å². The third-order valence-corrected chi connectivity index (χ3v) is 7.37. The van der Waals surface area contributed by atoms with Crippen LogP contribution in [-0.4, -0.2) is 42.7 Å². The van der Waals surface area contributed by atoms with Crippen LogP contribution in [0.25, 0.3) is 11.0 Å². The van der Waals surface area contributed by atoms with Crippen molar-refractivity contribution in [3.05, 3.63) is 35.6 Å². The van der Waals surface area contributed by atoms with Crippen LogP contribution in [-0.2, 0) is 5.75 Å². The number of nitrogens with one attached hydrogen (secondary N) is 1. The predicted octanol–water partition coefficient (Wildman–Crippen LogP) is 4.68. The van der Waals surface area contributed by atoms with Crippen molar-refractivity contribution in [2.24, 2.45) is 5.92 Å². The Hall–Kier alpha value is -1.46. The van der Waals surface area contributed by atoms with E-state index in [1.54, 1.807) is 0 Å². The van der Waals surface area contributed by atoms with Crippen molar-refractivity contribution in [3.8, 4) is 0 Å². The van der Waals surface area contributed by atoms with E-state index in [0.29, 0.717) is 11.7 Å². The summed E-state index contributed by atoms with van der Waals surface area (Å²) < 4.78 is 6.09. The molecule has 5 heteroatoms. The van der Waals surface area contributed by atoms with Gasteiger partial charge in [-0.3, -0.25) is 4.79 Å². The summed E-state index contributed by atoms with van der Waals surface area (Å²) in [4.78, 5) is 15.2. The number of para-hydroxylation sites is 1. The van der Waals surface area contributed by atoms with Gasteiger partial charge in [0.1, 0.15) is 5.58 Å². The van der Waals surface area contributed by atoms with Gasteiger partial charge in [-0.15, -0.1) is 0 Å². The lowest BCUT2D eigenvalue weighted by atomic mass is 10.0. The Morgan fingerprint density at radius 2 is 2.04 bits per heavy atom. The highest BCUT2D eigenvalue weighted by Crippen LogP contribution is 2.35. The van der Waals surface area contributed by atoms with E-state index in [1.165, 1.54) is 32.1 Å². The Balaban J connectivity index is 1.55. The van der Waals surface area contributed by atoms with Crippen LogP contribution in [0.1, 0.15) is 54.6 Å². The number of furan rings is 1. The highest BCUT2D eigenvalue weighted by atomic mass is 32.2. The zero-order valence-electron chi connectivity index (χ0n) is 16.2. The van der Waals surface area contributed by atoms with Crippen molar-refractivity contribution >= 4 is 28.6 Å². The molecule has 4 nitrogen and oxygen atoms in total. The number of carbonyl (C=O) groups excluding carboxylic acids is 1. The van der Waals surface area contributed by atoms with Crippen LogP contribution in [0, 0.1) is 5.92 Å². The normalized spacial score (nSPS) is 21.2. The Kier molecular flexibility index (Phi) is 6.08. The van der Waals surface area contributed by atoms with Gasteiger partial charge in [0.05, 0.1) is 0 Å².